The maximum Gasteiger partial charge on any atom is 0.410 e. The van der Waals surface area contributed by atoms with Gasteiger partial charge in [0.05, 0.1) is 13.7 Å². The van der Waals surface area contributed by atoms with Gasteiger partial charge in [-0.25, -0.2) is 4.79 Å². The Labute approximate surface area is 183 Å². The summed E-state index contributed by atoms with van der Waals surface area (Å²) >= 11 is 5.87. The fraction of sp³-hybridized carbons (Fsp3) is 0.400. The summed E-state index contributed by atoms with van der Waals surface area (Å²) in [6.07, 6.45) is 3.21. The number of methoxy groups -OCH3 is 1. The van der Waals surface area contributed by atoms with E-state index in [2.05, 4.69) is 4.98 Å². The summed E-state index contributed by atoms with van der Waals surface area (Å²) in [5.41, 5.74) is 0.714. The van der Waals surface area contributed by atoms with Gasteiger partial charge in [-0.05, 0) is 58.1 Å². The van der Waals surface area contributed by atoms with Crippen LogP contribution in [0, 0.1) is 10.1 Å². The molecule has 1 N–H and O–H groups in total. The molecule has 1 aromatic carbocycles. The highest BCUT2D eigenvalue weighted by Crippen LogP contribution is 2.25. The smallest absolute Gasteiger partial charge is 0.410 e. The van der Waals surface area contributed by atoms with Crippen molar-refractivity contribution in [1.82, 2.24) is 14.5 Å². The molecule has 1 aliphatic rings. The molecule has 2 aromatic rings. The lowest BCUT2D eigenvalue weighted by atomic mass is 9.99. The first-order valence-corrected chi connectivity index (χ1v) is 9.91. The molecule has 10 nitrogen and oxygen atoms in total. The quantitative estimate of drug-likeness (QED) is 0.508. The van der Waals surface area contributed by atoms with Gasteiger partial charge in [0.1, 0.15) is 24.2 Å². The fourth-order valence-electron chi connectivity index (χ4n) is 3.20. The van der Waals surface area contributed by atoms with Crippen molar-refractivity contribution in [3.8, 4) is 5.75 Å². The summed E-state index contributed by atoms with van der Waals surface area (Å²) in [5.74, 6) is 0.356. The Morgan fingerprint density at radius 1 is 1.39 bits per heavy atom. The van der Waals surface area contributed by atoms with Gasteiger partial charge in [-0.15, -0.1) is 0 Å². The van der Waals surface area contributed by atoms with Crippen molar-refractivity contribution in [3.63, 3.8) is 0 Å². The molecule has 31 heavy (non-hydrogen) atoms. The molecule has 1 atom stereocenters. The first-order valence-electron chi connectivity index (χ1n) is 9.53. The molecule has 0 saturated carbocycles. The van der Waals surface area contributed by atoms with Crippen LogP contribution >= 0.6 is 11.6 Å². The van der Waals surface area contributed by atoms with Gasteiger partial charge < -0.3 is 29.6 Å². The van der Waals surface area contributed by atoms with Crippen molar-refractivity contribution in [3.05, 3.63) is 57.5 Å². The van der Waals surface area contributed by atoms with E-state index in [4.69, 9.17) is 21.1 Å². The fourth-order valence-corrected chi connectivity index (χ4v) is 3.40. The molecule has 11 heteroatoms. The molecule has 166 valence electrons. The minimum Gasteiger partial charge on any atom is -0.497 e. The Kier molecular flexibility index (Phi) is 6.81. The molecule has 1 aliphatic heterocycles. The minimum atomic E-state index is -1.49. The molecular weight excluding hydrogens is 428 g/mol. The number of imidazole rings is 1. The Morgan fingerprint density at radius 2 is 2.10 bits per heavy atom. The average Bonchev–Trinajstić information content (AvgIpc) is 3.12. The predicted molar refractivity (Wildman–Crippen MR) is 113 cm³/mol. The summed E-state index contributed by atoms with van der Waals surface area (Å²) in [5, 5.41) is 21.2. The summed E-state index contributed by atoms with van der Waals surface area (Å²) in [7, 11) is 1.61. The highest BCUT2D eigenvalue weighted by molar-refractivity contribution is 6.28. The van der Waals surface area contributed by atoms with Gasteiger partial charge in [-0.1, -0.05) is 18.2 Å². The Balaban J connectivity index is 1.53. The van der Waals surface area contributed by atoms with Crippen molar-refractivity contribution in [2.75, 3.05) is 26.8 Å². The van der Waals surface area contributed by atoms with E-state index >= 15 is 0 Å². The highest BCUT2D eigenvalue weighted by atomic mass is 35.5. The number of aliphatic hydroxyl groups is 1. The van der Waals surface area contributed by atoms with Crippen LogP contribution in [0.3, 0.4) is 0 Å². The summed E-state index contributed by atoms with van der Waals surface area (Å²) in [6, 6.07) is 7.73. The number of nitrogens with zero attached hydrogens (tertiary/aromatic N) is 4. The van der Waals surface area contributed by atoms with E-state index in [1.807, 2.05) is 30.3 Å². The molecule has 2 heterocycles. The Morgan fingerprint density at radius 3 is 2.65 bits per heavy atom. The number of amides is 1. The molecular formula is C20H23ClN4O6. The zero-order valence-electron chi connectivity index (χ0n) is 17.2. The average molecular weight is 451 g/mol. The lowest BCUT2D eigenvalue weighted by Crippen LogP contribution is -2.41. The number of benzene rings is 1. The van der Waals surface area contributed by atoms with Crippen LogP contribution in [0.1, 0.15) is 18.9 Å². The van der Waals surface area contributed by atoms with E-state index in [1.165, 1.54) is 16.4 Å². The summed E-state index contributed by atoms with van der Waals surface area (Å²) < 4.78 is 11.7. The second-order valence-electron chi connectivity index (χ2n) is 7.46. The van der Waals surface area contributed by atoms with E-state index < -0.39 is 22.4 Å². The van der Waals surface area contributed by atoms with Crippen LogP contribution in [-0.2, 0) is 11.3 Å². The Bertz CT molecular complexity index is 986. The van der Waals surface area contributed by atoms with Crippen molar-refractivity contribution < 1.29 is 24.3 Å². The van der Waals surface area contributed by atoms with Crippen LogP contribution < -0.4 is 4.74 Å². The number of carbonyl (C=O) groups excluding carboxylic acids is 1. The number of carbonyl (C=O) groups is 1. The highest BCUT2D eigenvalue weighted by Gasteiger charge is 2.29. The molecule has 0 saturated heterocycles. The van der Waals surface area contributed by atoms with Crippen molar-refractivity contribution in [2.24, 2.45) is 0 Å². The van der Waals surface area contributed by atoms with Gasteiger partial charge >= 0.3 is 17.2 Å². The number of hydrogen-bond acceptors (Lipinski definition) is 7. The monoisotopic (exact) mass is 450 g/mol. The van der Waals surface area contributed by atoms with Gasteiger partial charge in [0.15, 0.2) is 0 Å². The second kappa shape index (κ2) is 9.36. The summed E-state index contributed by atoms with van der Waals surface area (Å²) in [4.78, 5) is 27.6. The number of aromatic nitrogens is 2. The standard InChI is InChI=1S/C20H23ClN4O6/c1-20(27,12-24-11-17(25(28)29)22-18(24)21)13-31-19(26)23-9-7-15(8-10-23)14-3-5-16(30-2)6-4-14/h3-7,11,27H,8-10,12-13H2,1-2H3. The van der Waals surface area contributed by atoms with E-state index in [-0.39, 0.29) is 18.4 Å². The van der Waals surface area contributed by atoms with Crippen LogP contribution in [0.25, 0.3) is 5.57 Å². The first-order chi connectivity index (χ1) is 14.7. The lowest BCUT2D eigenvalue weighted by molar-refractivity contribution is -0.389. The third-order valence-electron chi connectivity index (χ3n) is 4.85. The number of halogens is 1. The van der Waals surface area contributed by atoms with Crippen LogP contribution in [0.5, 0.6) is 5.75 Å². The van der Waals surface area contributed by atoms with E-state index in [9.17, 15) is 20.0 Å². The van der Waals surface area contributed by atoms with Crippen LogP contribution in [-0.4, -0.2) is 63.0 Å². The molecule has 0 radical (unpaired) electrons. The minimum absolute atomic E-state index is 0.124. The summed E-state index contributed by atoms with van der Waals surface area (Å²) in [6.45, 7) is 1.89. The van der Waals surface area contributed by atoms with Gasteiger partial charge in [0.25, 0.3) is 0 Å². The first kappa shape index (κ1) is 22.6. The predicted octanol–water partition coefficient (Wildman–Crippen LogP) is 3.13. The van der Waals surface area contributed by atoms with Crippen LogP contribution in [0.15, 0.2) is 36.5 Å². The number of hydrogen-bond donors (Lipinski definition) is 1. The topological polar surface area (TPSA) is 120 Å². The molecule has 1 amide bonds. The maximum absolute atomic E-state index is 12.4. The molecule has 0 spiro atoms. The molecule has 3 rings (SSSR count). The normalized spacial score (nSPS) is 15.7. The third-order valence-corrected chi connectivity index (χ3v) is 5.15. The molecule has 0 aliphatic carbocycles. The van der Waals surface area contributed by atoms with Crippen molar-refractivity contribution in [2.45, 2.75) is 25.5 Å². The van der Waals surface area contributed by atoms with Gasteiger partial charge in [0.2, 0.25) is 0 Å². The molecule has 0 fully saturated rings. The number of rotatable bonds is 7. The zero-order valence-corrected chi connectivity index (χ0v) is 17.9. The Hall–Kier alpha value is -3.11. The van der Waals surface area contributed by atoms with Gasteiger partial charge in [-0.2, -0.15) is 0 Å². The number of ether oxygens (including phenoxy) is 2. The maximum atomic E-state index is 12.4. The second-order valence-corrected chi connectivity index (χ2v) is 7.80. The molecule has 1 aromatic heterocycles. The van der Waals surface area contributed by atoms with Crippen LogP contribution in [0.4, 0.5) is 10.6 Å². The third kappa shape index (κ3) is 5.74. The molecule has 1 unspecified atom stereocenters. The van der Waals surface area contributed by atoms with E-state index in [1.54, 1.807) is 7.11 Å². The lowest BCUT2D eigenvalue weighted by Gasteiger charge is -2.28. The number of nitro groups is 1. The molecule has 0 bridgehead atoms. The van der Waals surface area contributed by atoms with Crippen molar-refractivity contribution in [1.29, 1.82) is 0 Å². The van der Waals surface area contributed by atoms with E-state index in [0.717, 1.165) is 23.1 Å². The van der Waals surface area contributed by atoms with Crippen molar-refractivity contribution >= 4 is 29.1 Å². The van der Waals surface area contributed by atoms with Crippen LogP contribution in [0.2, 0.25) is 5.28 Å². The SMILES string of the molecule is COc1ccc(C2=CCN(C(=O)OCC(C)(O)Cn3cc([N+](=O)[O-])nc3Cl)CC2)cc1. The van der Waals surface area contributed by atoms with Gasteiger partial charge in [0, 0.05) is 13.1 Å². The van der Waals surface area contributed by atoms with E-state index in [0.29, 0.717) is 19.5 Å². The zero-order chi connectivity index (χ0) is 22.6. The van der Waals surface area contributed by atoms with Gasteiger partial charge in [-0.3, -0.25) is 4.57 Å². The largest absolute Gasteiger partial charge is 0.497 e.